The van der Waals surface area contributed by atoms with Gasteiger partial charge in [-0.15, -0.1) is 0 Å². The Labute approximate surface area is 596 Å². The van der Waals surface area contributed by atoms with Crippen LogP contribution in [0.25, 0.3) is 33.1 Å². The molecule has 29 nitrogen and oxygen atoms in total. The van der Waals surface area contributed by atoms with Crippen LogP contribution in [-0.4, -0.2) is 220 Å². The molecule has 0 spiro atoms. The molecule has 0 saturated carbocycles. The van der Waals surface area contributed by atoms with Crippen molar-refractivity contribution in [3.63, 3.8) is 0 Å². The lowest BCUT2D eigenvalue weighted by Gasteiger charge is -2.36. The number of hydrogen-bond donors (Lipinski definition) is 5. The van der Waals surface area contributed by atoms with Gasteiger partial charge in [0.25, 0.3) is 11.8 Å². The van der Waals surface area contributed by atoms with Crippen LogP contribution in [0.15, 0.2) is 63.8 Å². The third-order valence-electron chi connectivity index (χ3n) is 20.2. The Morgan fingerprint density at radius 3 is 1.54 bits per heavy atom. The van der Waals surface area contributed by atoms with Gasteiger partial charge in [0, 0.05) is 52.4 Å². The Kier molecular flexibility index (Phi) is 22.1. The topological polar surface area (TPSA) is 355 Å². The van der Waals surface area contributed by atoms with Crippen LogP contribution in [0.1, 0.15) is 127 Å². The number of nitrogens with zero attached hydrogens (tertiary/aromatic N) is 7. The smallest absolute Gasteiger partial charge is 0.363 e. The van der Waals surface area contributed by atoms with E-state index in [4.69, 9.17) is 23.6 Å². The quantitative estimate of drug-likeness (QED) is 0.122. The normalized spacial score (nSPS) is 24.6. The summed E-state index contributed by atoms with van der Waals surface area (Å²) < 4.78 is 25.1. The van der Waals surface area contributed by atoms with Crippen LogP contribution in [0.2, 0.25) is 0 Å². The first-order valence-electron chi connectivity index (χ1n) is 35.0. The van der Waals surface area contributed by atoms with Gasteiger partial charge in [-0.2, -0.15) is 0 Å². The van der Waals surface area contributed by atoms with E-state index in [1.165, 1.54) is 80.7 Å². The van der Waals surface area contributed by atoms with Gasteiger partial charge < -0.3 is 74.6 Å². The fourth-order valence-electron chi connectivity index (χ4n) is 14.4. The molecule has 4 aromatic carbocycles. The summed E-state index contributed by atoms with van der Waals surface area (Å²) in [6.07, 6.45) is -1.72. The summed E-state index contributed by atoms with van der Waals surface area (Å²) >= 11 is 0. The molecule has 5 N–H and O–H groups in total. The van der Waals surface area contributed by atoms with Crippen molar-refractivity contribution < 1.29 is 76.2 Å². The predicted molar refractivity (Wildman–Crippen MR) is 377 cm³/mol. The Balaban J connectivity index is 1.10. The molecule has 0 bridgehead atoms. The van der Waals surface area contributed by atoms with Gasteiger partial charge in [-0.3, -0.25) is 47.9 Å². The molecule has 10 amide bonds. The van der Waals surface area contributed by atoms with E-state index in [0.29, 0.717) is 18.4 Å². The number of carbonyl (C=O) groups excluding carboxylic acids is 12. The summed E-state index contributed by atoms with van der Waals surface area (Å²) in [6, 6.07) is 4.55. The first-order valence-corrected chi connectivity index (χ1v) is 35.0. The fraction of sp³-hybridized carbons (Fsp3) is 0.514. The van der Waals surface area contributed by atoms with Gasteiger partial charge in [-0.1, -0.05) is 97.9 Å². The van der Waals surface area contributed by atoms with Gasteiger partial charge >= 0.3 is 17.6 Å². The maximum absolute atomic E-state index is 16.2. The average Bonchev–Trinajstić information content (AvgIpc) is 1.16. The highest BCUT2D eigenvalue weighted by molar-refractivity contribution is 6.16. The molecule has 10 atom stereocenters. The minimum atomic E-state index is -1.91. The molecular formula is C74H92N12O17. The molecule has 0 unspecified atom stereocenters. The Hall–Kier alpha value is -10.5. The van der Waals surface area contributed by atoms with Crippen molar-refractivity contribution in [2.45, 2.75) is 169 Å². The van der Waals surface area contributed by atoms with E-state index < -0.39 is 180 Å². The number of anilines is 2. The number of benzene rings is 4. The largest absolute Gasteiger partial charge is 0.458 e. The zero-order valence-electron chi connectivity index (χ0n) is 61.0. The summed E-state index contributed by atoms with van der Waals surface area (Å²) in [5.41, 5.74) is -1.93. The molecule has 4 saturated heterocycles. The Morgan fingerprint density at radius 1 is 0.573 bits per heavy atom. The highest BCUT2D eigenvalue weighted by Gasteiger charge is 2.47. The molecule has 0 radical (unpaired) electrons. The number of hydrogen-bond acceptors (Lipinski definition) is 19. The Morgan fingerprint density at radius 2 is 1.06 bits per heavy atom. The van der Waals surface area contributed by atoms with Gasteiger partial charge in [-0.05, 0) is 106 Å². The van der Waals surface area contributed by atoms with Gasteiger partial charge in [0.15, 0.2) is 22.8 Å². The zero-order valence-corrected chi connectivity index (χ0v) is 61.0. The maximum Gasteiger partial charge on any atom is 0.363 e. The minimum Gasteiger partial charge on any atom is -0.458 e. The lowest BCUT2D eigenvalue weighted by atomic mass is 9.98. The number of rotatable bonds is 9. The summed E-state index contributed by atoms with van der Waals surface area (Å²) in [5.74, 6) is -12.1. The van der Waals surface area contributed by atoms with Crippen molar-refractivity contribution in [3.05, 3.63) is 87.3 Å². The Bertz CT molecular complexity index is 4360. The second-order valence-corrected chi connectivity index (χ2v) is 29.0. The standard InChI is InChI=1S/C74H92N12O17/c1-34(2)51-70(95)85-29-19-23-46(85)68(93)81(13)32-48(87)83(15)59(36(5)6)73(98)100-40(11)53(66(91)77-51)79-64(89)45-28-25-38(9)61-56(45)76-57-50(58-63(39(10)62(57)102-61)103-72(97)55(75-58)44-27-26-42-21-17-18-22-43(42)31-44)65(90)80-54-41(12)101-74(99)60(37(7)8)84(16)49(88)33-82(14)69(94)47-24-20-30-86(47)71(96)52(35(3)4)78-67(54)92/h17-18,21-22,25-28,31,34-37,40-41,46-47,51-54,59-60,76H,19-20,23-24,29-30,32-33H2,1-16H3,(H,77,91)(H,78,92)(H,79,89)(H,80,90)/t40-,41+,46+,47+,51-,52-,53+,54-,59+,60+/m1/s1. The first-order chi connectivity index (χ1) is 48.6. The number of nitrogens with one attached hydrogen (secondary N) is 5. The maximum atomic E-state index is 16.2. The fourth-order valence-corrected chi connectivity index (χ4v) is 14.4. The van der Waals surface area contributed by atoms with E-state index in [9.17, 15) is 43.2 Å². The molecule has 4 fully saturated rings. The molecule has 5 aromatic rings. The molecule has 5 aliphatic heterocycles. The molecule has 10 rings (SSSR count). The third kappa shape index (κ3) is 14.8. The zero-order chi connectivity index (χ0) is 75.2. The molecule has 5 aliphatic rings. The second kappa shape index (κ2) is 30.2. The molecule has 550 valence electrons. The van der Waals surface area contributed by atoms with Gasteiger partial charge in [0.2, 0.25) is 47.3 Å². The van der Waals surface area contributed by atoms with E-state index in [2.05, 4.69) is 26.6 Å². The number of aromatic nitrogens is 1. The van der Waals surface area contributed by atoms with Crippen molar-refractivity contribution >= 4 is 104 Å². The number of cyclic esters (lactones) is 2. The minimum absolute atomic E-state index is 0.00383. The van der Waals surface area contributed by atoms with Gasteiger partial charge in [0.1, 0.15) is 66.1 Å². The van der Waals surface area contributed by atoms with Crippen molar-refractivity contribution in [1.29, 1.82) is 0 Å². The lowest BCUT2D eigenvalue weighted by molar-refractivity contribution is -0.163. The lowest BCUT2D eigenvalue weighted by Crippen LogP contribution is -2.61. The molecule has 1 aromatic heterocycles. The number of fused-ring (bicyclic) bond motifs is 6. The number of amides is 10. The van der Waals surface area contributed by atoms with E-state index in [1.807, 2.05) is 24.3 Å². The van der Waals surface area contributed by atoms with E-state index in [0.717, 1.165) is 20.6 Å². The molecule has 29 heteroatoms. The number of aryl methyl sites for hydroxylation is 2. The highest BCUT2D eigenvalue weighted by Crippen LogP contribution is 2.51. The highest BCUT2D eigenvalue weighted by atomic mass is 16.6. The predicted octanol–water partition coefficient (Wildman–Crippen LogP) is 4.71. The molecule has 0 aliphatic carbocycles. The van der Waals surface area contributed by atoms with Crippen LogP contribution in [0.3, 0.4) is 0 Å². The first kappa shape index (κ1) is 75.2. The van der Waals surface area contributed by atoms with E-state index >= 15 is 19.2 Å². The van der Waals surface area contributed by atoms with Crippen molar-refractivity contribution in [1.82, 2.24) is 55.7 Å². The summed E-state index contributed by atoms with van der Waals surface area (Å²) in [5, 5.41) is 15.9. The monoisotopic (exact) mass is 1420 g/mol. The van der Waals surface area contributed by atoms with Gasteiger partial charge in [0.05, 0.1) is 35.6 Å². The summed E-state index contributed by atoms with van der Waals surface area (Å²) in [7, 11) is 5.63. The molecular weight excluding hydrogens is 1330 g/mol. The number of likely N-dealkylation sites (N-methyl/N-ethyl adjacent to an activating group) is 4. The molecule has 6 heterocycles. The van der Waals surface area contributed by atoms with Crippen LogP contribution in [0.5, 0.6) is 11.5 Å². The number of carbonyl (C=O) groups is 12. The SMILES string of the molecule is Cc1ccc(C(=O)N[C@@H]2C(=O)N[C@H](C(C)C)C(=O)N3CCC[C@H]3C(=O)N(C)CC(=O)N(C)[C@@H](C(C)C)C(=O)O[C@@H]2C)c2c1Oc1c(c(C(=O)N[C@H]3C(=O)N[C@H](C(C)C)C(=O)N4CCC[C@H]4C(=O)N(C)CC(=O)N(C)[C@@H](C(C)C)C(=O)O[C@H]3C)c3nc(-c4ccc5ccccc5c4)c(=O)oc3c1C)N2. The van der Waals surface area contributed by atoms with Crippen LogP contribution in [-0.2, 0) is 57.4 Å². The van der Waals surface area contributed by atoms with Crippen LogP contribution in [0, 0.1) is 37.5 Å². The van der Waals surface area contributed by atoms with Crippen molar-refractivity contribution in [3.8, 4) is 22.8 Å². The van der Waals surface area contributed by atoms with Crippen LogP contribution >= 0.6 is 0 Å². The number of ether oxygens (including phenoxy) is 3. The van der Waals surface area contributed by atoms with Gasteiger partial charge in [-0.25, -0.2) is 19.4 Å². The van der Waals surface area contributed by atoms with E-state index in [1.54, 1.807) is 80.5 Å². The van der Waals surface area contributed by atoms with Crippen molar-refractivity contribution in [2.24, 2.45) is 23.7 Å². The average molecular weight is 1420 g/mol. The second-order valence-electron chi connectivity index (χ2n) is 29.0. The van der Waals surface area contributed by atoms with Crippen molar-refractivity contribution in [2.75, 3.05) is 59.7 Å². The third-order valence-corrected chi connectivity index (χ3v) is 20.2. The van der Waals surface area contributed by atoms with Crippen LogP contribution in [0.4, 0.5) is 11.4 Å². The van der Waals surface area contributed by atoms with E-state index in [-0.39, 0.29) is 82.3 Å². The van der Waals surface area contributed by atoms with Crippen LogP contribution < -0.4 is 36.9 Å². The number of esters is 2. The summed E-state index contributed by atoms with van der Waals surface area (Å²) in [6.45, 7) is 18.7. The summed E-state index contributed by atoms with van der Waals surface area (Å²) in [4.78, 5) is 204. The molecule has 103 heavy (non-hydrogen) atoms.